The molecule has 0 radical (unpaired) electrons. The average molecular weight is 334 g/mol. The molecule has 0 fully saturated rings. The first-order valence-corrected chi connectivity index (χ1v) is 8.27. The van der Waals surface area contributed by atoms with E-state index in [0.29, 0.717) is 24.6 Å². The van der Waals surface area contributed by atoms with Crippen LogP contribution in [0.4, 0.5) is 5.82 Å². The Kier molecular flexibility index (Phi) is 4.12. The van der Waals surface area contributed by atoms with Crippen molar-refractivity contribution in [3.05, 3.63) is 59.8 Å². The van der Waals surface area contributed by atoms with Crippen LogP contribution in [0.25, 0.3) is 11.4 Å². The van der Waals surface area contributed by atoms with Crippen molar-refractivity contribution in [1.82, 2.24) is 25.3 Å². The van der Waals surface area contributed by atoms with Crippen molar-refractivity contribution >= 4 is 11.7 Å². The number of amides is 1. The molecule has 0 atom stereocenters. The van der Waals surface area contributed by atoms with Gasteiger partial charge in [0.1, 0.15) is 11.5 Å². The molecule has 0 unspecified atom stereocenters. The molecule has 0 bridgehead atoms. The van der Waals surface area contributed by atoms with Gasteiger partial charge >= 0.3 is 0 Å². The number of carbonyl (C=O) groups excluding carboxylic acids is 1. The van der Waals surface area contributed by atoms with Crippen LogP contribution in [0.5, 0.6) is 0 Å². The highest BCUT2D eigenvalue weighted by molar-refractivity contribution is 5.96. The molecule has 2 aromatic heterocycles. The smallest absolute Gasteiger partial charge is 0.270 e. The fourth-order valence-corrected chi connectivity index (χ4v) is 2.89. The minimum atomic E-state index is -0.141. The zero-order valence-electron chi connectivity index (χ0n) is 13.6. The topological polar surface area (TPSA) is 95.6 Å². The van der Waals surface area contributed by atoms with E-state index in [1.807, 2.05) is 30.3 Å². The van der Waals surface area contributed by atoms with Gasteiger partial charge in [-0.3, -0.25) is 4.79 Å². The molecule has 3 heterocycles. The summed E-state index contributed by atoms with van der Waals surface area (Å²) in [5.41, 5.74) is 3.29. The lowest BCUT2D eigenvalue weighted by atomic mass is 10.1. The Morgan fingerprint density at radius 1 is 1.16 bits per heavy atom. The summed E-state index contributed by atoms with van der Waals surface area (Å²) in [6.45, 7) is 1.30. The number of imidazole rings is 1. The van der Waals surface area contributed by atoms with Crippen LogP contribution in [-0.2, 0) is 12.8 Å². The number of nitrogens with zero attached hydrogens (tertiary/aromatic N) is 3. The zero-order valence-corrected chi connectivity index (χ0v) is 13.6. The van der Waals surface area contributed by atoms with Crippen molar-refractivity contribution < 1.29 is 4.79 Å². The van der Waals surface area contributed by atoms with Crippen LogP contribution in [0.2, 0.25) is 0 Å². The first kappa shape index (κ1) is 15.3. The number of fused-ring (bicyclic) bond motifs is 1. The van der Waals surface area contributed by atoms with Crippen LogP contribution < -0.4 is 10.6 Å². The summed E-state index contributed by atoms with van der Waals surface area (Å²) >= 11 is 0. The summed E-state index contributed by atoms with van der Waals surface area (Å²) < 4.78 is 0. The number of benzene rings is 1. The summed E-state index contributed by atoms with van der Waals surface area (Å²) in [6.07, 6.45) is 4.99. The fourth-order valence-electron chi connectivity index (χ4n) is 2.89. The molecule has 0 spiro atoms. The van der Waals surface area contributed by atoms with Gasteiger partial charge in [0, 0.05) is 42.5 Å². The Hall–Kier alpha value is -3.22. The number of H-pyrrole nitrogens is 1. The number of aromatic nitrogens is 4. The lowest BCUT2D eigenvalue weighted by Crippen LogP contribution is -2.34. The van der Waals surface area contributed by atoms with Crippen LogP contribution in [0.15, 0.2) is 42.9 Å². The zero-order chi connectivity index (χ0) is 17.1. The minimum absolute atomic E-state index is 0.141. The molecular formula is C18H18N6O. The molecular weight excluding hydrogens is 316 g/mol. The van der Waals surface area contributed by atoms with Crippen molar-refractivity contribution in [3.8, 4) is 11.4 Å². The molecule has 7 nitrogen and oxygen atoms in total. The van der Waals surface area contributed by atoms with E-state index in [9.17, 15) is 4.79 Å². The van der Waals surface area contributed by atoms with Crippen LogP contribution in [-0.4, -0.2) is 38.9 Å². The third kappa shape index (κ3) is 3.21. The van der Waals surface area contributed by atoms with Crippen molar-refractivity contribution in [2.45, 2.75) is 12.8 Å². The molecule has 3 N–H and O–H groups in total. The lowest BCUT2D eigenvalue weighted by molar-refractivity contribution is 0.0940. The van der Waals surface area contributed by atoms with Gasteiger partial charge in [-0.25, -0.2) is 15.0 Å². The largest absolute Gasteiger partial charge is 0.369 e. The van der Waals surface area contributed by atoms with Crippen LogP contribution >= 0.6 is 0 Å². The molecule has 7 heteroatoms. The molecule has 1 aliphatic heterocycles. The van der Waals surface area contributed by atoms with E-state index >= 15 is 0 Å². The number of hydrogen-bond acceptors (Lipinski definition) is 5. The third-order valence-electron chi connectivity index (χ3n) is 4.16. The Morgan fingerprint density at radius 3 is 2.84 bits per heavy atom. The fraction of sp³-hybridized carbons (Fsp3) is 0.222. The molecule has 0 aliphatic carbocycles. The second-order valence-electron chi connectivity index (χ2n) is 5.85. The van der Waals surface area contributed by atoms with Crippen molar-refractivity contribution in [2.24, 2.45) is 0 Å². The summed E-state index contributed by atoms with van der Waals surface area (Å²) in [5.74, 6) is 1.15. The van der Waals surface area contributed by atoms with Gasteiger partial charge in [0.05, 0.1) is 6.33 Å². The van der Waals surface area contributed by atoms with Crippen LogP contribution in [0.3, 0.4) is 0 Å². The van der Waals surface area contributed by atoms with Crippen molar-refractivity contribution in [1.29, 1.82) is 0 Å². The van der Waals surface area contributed by atoms with E-state index in [1.165, 1.54) is 0 Å². The first-order valence-electron chi connectivity index (χ1n) is 8.27. The molecule has 0 saturated carbocycles. The highest BCUT2D eigenvalue weighted by atomic mass is 16.1. The second-order valence-corrected chi connectivity index (χ2v) is 5.85. The van der Waals surface area contributed by atoms with E-state index < -0.39 is 0 Å². The van der Waals surface area contributed by atoms with E-state index in [4.69, 9.17) is 0 Å². The predicted octanol–water partition coefficient (Wildman–Crippen LogP) is 1.81. The second kappa shape index (κ2) is 6.72. The number of anilines is 1. The summed E-state index contributed by atoms with van der Waals surface area (Å²) in [5, 5.41) is 6.22. The number of carbonyl (C=O) groups is 1. The van der Waals surface area contributed by atoms with Crippen molar-refractivity contribution in [2.75, 3.05) is 18.4 Å². The predicted molar refractivity (Wildman–Crippen MR) is 94.3 cm³/mol. The van der Waals surface area contributed by atoms with Crippen molar-refractivity contribution in [3.63, 3.8) is 0 Å². The molecule has 0 saturated heterocycles. The van der Waals surface area contributed by atoms with Gasteiger partial charge in [0.25, 0.3) is 5.91 Å². The maximum atomic E-state index is 12.2. The minimum Gasteiger partial charge on any atom is -0.369 e. The molecule has 3 aromatic rings. The van der Waals surface area contributed by atoms with Gasteiger partial charge in [-0.15, -0.1) is 0 Å². The quantitative estimate of drug-likeness (QED) is 0.661. The van der Waals surface area contributed by atoms with Gasteiger partial charge in [0.2, 0.25) is 0 Å². The van der Waals surface area contributed by atoms with Gasteiger partial charge in [-0.05, 0) is 6.42 Å². The van der Waals surface area contributed by atoms with E-state index in [-0.39, 0.29) is 5.91 Å². The number of hydrogen-bond donors (Lipinski definition) is 3. The normalized spacial score (nSPS) is 13.2. The monoisotopic (exact) mass is 334 g/mol. The van der Waals surface area contributed by atoms with E-state index in [1.54, 1.807) is 12.5 Å². The van der Waals surface area contributed by atoms with Gasteiger partial charge in [-0.1, -0.05) is 30.3 Å². The molecule has 1 aromatic carbocycles. The molecule has 25 heavy (non-hydrogen) atoms. The van der Waals surface area contributed by atoms with Crippen LogP contribution in [0, 0.1) is 0 Å². The summed E-state index contributed by atoms with van der Waals surface area (Å²) in [4.78, 5) is 28.5. The molecule has 4 rings (SSSR count). The summed E-state index contributed by atoms with van der Waals surface area (Å²) in [6, 6.07) is 9.69. The molecule has 1 aliphatic rings. The van der Waals surface area contributed by atoms with E-state index in [2.05, 4.69) is 30.6 Å². The number of rotatable bonds is 5. The lowest BCUT2D eigenvalue weighted by Gasteiger charge is -2.20. The average Bonchev–Trinajstić information content (AvgIpc) is 3.16. The number of aromatic amines is 1. The van der Waals surface area contributed by atoms with Gasteiger partial charge in [-0.2, -0.15) is 0 Å². The highest BCUT2D eigenvalue weighted by Gasteiger charge is 2.23. The standard InChI is InChI=1S/C18H18N6O/c25-18-15-14(7-9-21-18)17(20-8-6-13-10-19-11-22-13)24-16(23-15)12-4-2-1-3-5-12/h1-5,10-11H,6-9H2,(H,19,22)(H,21,25)(H,20,23,24). The van der Waals surface area contributed by atoms with Gasteiger partial charge < -0.3 is 15.6 Å². The van der Waals surface area contributed by atoms with E-state index in [0.717, 1.165) is 35.5 Å². The maximum Gasteiger partial charge on any atom is 0.270 e. The molecule has 1 amide bonds. The highest BCUT2D eigenvalue weighted by Crippen LogP contribution is 2.24. The first-order chi connectivity index (χ1) is 12.3. The van der Waals surface area contributed by atoms with Crippen LogP contribution in [0.1, 0.15) is 21.7 Å². The Morgan fingerprint density at radius 2 is 2.04 bits per heavy atom. The van der Waals surface area contributed by atoms with Gasteiger partial charge in [0.15, 0.2) is 5.82 Å². The Labute approximate surface area is 144 Å². The number of nitrogens with one attached hydrogen (secondary N) is 3. The summed E-state index contributed by atoms with van der Waals surface area (Å²) in [7, 11) is 0. The molecule has 126 valence electrons. The third-order valence-corrected chi connectivity index (χ3v) is 4.16. The maximum absolute atomic E-state index is 12.2. The SMILES string of the molecule is O=C1NCCc2c(NCCc3cnc[nH]3)nc(-c3ccccc3)nc21. The Bertz CT molecular complexity index is 876. The Balaban J connectivity index is 1.66.